The number of nitrogens with one attached hydrogen (secondary N) is 3. The number of hydrogen-bond acceptors (Lipinski definition) is 5. The number of nitriles is 1. The molecule has 0 saturated carbocycles. The van der Waals surface area contributed by atoms with E-state index in [4.69, 9.17) is 27.5 Å². The van der Waals surface area contributed by atoms with Crippen molar-refractivity contribution in [3.63, 3.8) is 0 Å². The standard InChI is InChI=1S/C19H37N7/c20-13-9-5-1-3-7-11-17(22)15-18(23)12-8-4-2-6-10-14-25-19(24)26-16-21/h22-23H,1-15,20H2,(H3,24,25,26). The van der Waals surface area contributed by atoms with Crippen LogP contribution in [0.1, 0.15) is 83.5 Å². The molecule has 0 fully saturated rings. The quantitative estimate of drug-likeness (QED) is 0.0884. The number of nitrogens with two attached hydrogens (primary N) is 2. The molecular weight excluding hydrogens is 326 g/mol. The van der Waals surface area contributed by atoms with Gasteiger partial charge in [-0.05, 0) is 45.1 Å². The van der Waals surface area contributed by atoms with E-state index in [2.05, 4.69) is 10.3 Å². The third kappa shape index (κ3) is 16.9. The highest BCUT2D eigenvalue weighted by Crippen LogP contribution is 2.10. The average molecular weight is 364 g/mol. The Morgan fingerprint density at radius 3 is 1.88 bits per heavy atom. The van der Waals surface area contributed by atoms with E-state index in [1.165, 1.54) is 12.8 Å². The summed E-state index contributed by atoms with van der Waals surface area (Å²) < 4.78 is 0. The molecule has 7 nitrogen and oxygen atoms in total. The summed E-state index contributed by atoms with van der Waals surface area (Å²) in [7, 11) is 0. The Hall–Kier alpha value is -1.94. The predicted octanol–water partition coefficient (Wildman–Crippen LogP) is 3.44. The van der Waals surface area contributed by atoms with E-state index in [0.29, 0.717) is 24.4 Å². The Morgan fingerprint density at radius 1 is 0.846 bits per heavy atom. The minimum atomic E-state index is 0.180. The minimum absolute atomic E-state index is 0.180. The first-order valence-electron chi connectivity index (χ1n) is 9.87. The minimum Gasteiger partial charge on any atom is -0.369 e. The molecular formula is C19H37N7. The summed E-state index contributed by atoms with van der Waals surface area (Å²) in [5.41, 5.74) is 12.3. The monoisotopic (exact) mass is 363 g/mol. The summed E-state index contributed by atoms with van der Waals surface area (Å²) >= 11 is 0. The van der Waals surface area contributed by atoms with E-state index in [1.807, 2.05) is 0 Å². The zero-order valence-corrected chi connectivity index (χ0v) is 16.2. The second kappa shape index (κ2) is 17.9. The molecule has 0 unspecified atom stereocenters. The molecule has 0 aliphatic heterocycles. The summed E-state index contributed by atoms with van der Waals surface area (Å²) in [4.78, 5) is 4.04. The van der Waals surface area contributed by atoms with Crippen LogP contribution in [-0.2, 0) is 0 Å². The van der Waals surface area contributed by atoms with Crippen molar-refractivity contribution in [1.82, 2.24) is 5.32 Å². The Morgan fingerprint density at radius 2 is 1.35 bits per heavy atom. The van der Waals surface area contributed by atoms with Crippen molar-refractivity contribution >= 4 is 17.4 Å². The van der Waals surface area contributed by atoms with Gasteiger partial charge < -0.3 is 22.3 Å². The smallest absolute Gasteiger partial charge is 0.202 e. The number of nitrogens with zero attached hydrogens (tertiary/aromatic N) is 2. The van der Waals surface area contributed by atoms with Crippen molar-refractivity contribution in [3.05, 3.63) is 0 Å². The largest absolute Gasteiger partial charge is 0.369 e. The van der Waals surface area contributed by atoms with E-state index in [0.717, 1.165) is 70.8 Å². The molecule has 0 aliphatic carbocycles. The van der Waals surface area contributed by atoms with Gasteiger partial charge in [0.2, 0.25) is 5.96 Å². The van der Waals surface area contributed by atoms with Gasteiger partial charge in [-0.3, -0.25) is 10.3 Å². The molecule has 0 radical (unpaired) electrons. The zero-order valence-electron chi connectivity index (χ0n) is 16.2. The fourth-order valence-corrected chi connectivity index (χ4v) is 2.72. The number of rotatable bonds is 17. The topological polar surface area (TPSA) is 148 Å². The predicted molar refractivity (Wildman–Crippen MR) is 110 cm³/mol. The molecule has 0 amide bonds. The van der Waals surface area contributed by atoms with Gasteiger partial charge in [-0.2, -0.15) is 5.26 Å². The molecule has 0 bridgehead atoms. The maximum Gasteiger partial charge on any atom is 0.202 e. The summed E-state index contributed by atoms with van der Waals surface area (Å²) in [6, 6.07) is 0. The van der Waals surface area contributed by atoms with Crippen LogP contribution < -0.4 is 16.8 Å². The normalized spacial score (nSPS) is 11.2. The van der Waals surface area contributed by atoms with Crippen LogP contribution in [0.15, 0.2) is 4.99 Å². The van der Waals surface area contributed by atoms with E-state index in [9.17, 15) is 0 Å². The summed E-state index contributed by atoms with van der Waals surface area (Å²) in [5.74, 6) is 0.180. The van der Waals surface area contributed by atoms with Crippen LogP contribution in [0.4, 0.5) is 0 Å². The van der Waals surface area contributed by atoms with Gasteiger partial charge in [-0.25, -0.2) is 0 Å². The number of unbranched alkanes of at least 4 members (excludes halogenated alkanes) is 8. The van der Waals surface area contributed by atoms with Gasteiger partial charge >= 0.3 is 0 Å². The van der Waals surface area contributed by atoms with Crippen LogP contribution in [-0.4, -0.2) is 30.5 Å². The van der Waals surface area contributed by atoms with Gasteiger partial charge in [0.1, 0.15) is 0 Å². The molecule has 0 aromatic heterocycles. The fourth-order valence-electron chi connectivity index (χ4n) is 2.72. The lowest BCUT2D eigenvalue weighted by atomic mass is 10.0. The molecule has 0 heterocycles. The first-order valence-corrected chi connectivity index (χ1v) is 9.87. The van der Waals surface area contributed by atoms with Gasteiger partial charge in [0.05, 0.1) is 0 Å². The molecule has 0 aromatic carbocycles. The third-order valence-corrected chi connectivity index (χ3v) is 4.21. The average Bonchev–Trinajstić information content (AvgIpc) is 2.60. The summed E-state index contributed by atoms with van der Waals surface area (Å²) in [6.45, 7) is 1.41. The molecule has 0 aliphatic rings. The van der Waals surface area contributed by atoms with Gasteiger partial charge in [0.15, 0.2) is 6.19 Å². The Bertz CT molecular complexity index is 451. The maximum atomic E-state index is 8.36. The lowest BCUT2D eigenvalue weighted by Crippen LogP contribution is -2.27. The molecule has 26 heavy (non-hydrogen) atoms. The molecule has 0 atom stereocenters. The Labute approximate surface area is 158 Å². The number of hydrogen-bond donors (Lipinski definition) is 5. The van der Waals surface area contributed by atoms with Crippen molar-refractivity contribution < 1.29 is 0 Å². The van der Waals surface area contributed by atoms with E-state index >= 15 is 0 Å². The third-order valence-electron chi connectivity index (χ3n) is 4.21. The van der Waals surface area contributed by atoms with Crippen LogP contribution in [0.25, 0.3) is 0 Å². The van der Waals surface area contributed by atoms with Crippen molar-refractivity contribution in [2.75, 3.05) is 13.1 Å². The summed E-state index contributed by atoms with van der Waals surface area (Å²) in [5, 5.41) is 26.6. The van der Waals surface area contributed by atoms with Crippen LogP contribution >= 0.6 is 0 Å². The van der Waals surface area contributed by atoms with E-state index in [-0.39, 0.29) is 5.96 Å². The fraction of sp³-hybridized carbons (Fsp3) is 0.789. The molecule has 7 N–H and O–H groups in total. The highest BCUT2D eigenvalue weighted by Gasteiger charge is 2.03. The Balaban J connectivity index is 3.47. The van der Waals surface area contributed by atoms with Crippen molar-refractivity contribution in [2.24, 2.45) is 16.5 Å². The molecule has 0 aromatic rings. The van der Waals surface area contributed by atoms with Gasteiger partial charge in [-0.15, -0.1) is 0 Å². The highest BCUT2D eigenvalue weighted by molar-refractivity contribution is 6.01. The number of guanidine groups is 1. The van der Waals surface area contributed by atoms with Crippen LogP contribution in [0, 0.1) is 22.3 Å². The number of aliphatic imine (C=N–C) groups is 1. The van der Waals surface area contributed by atoms with E-state index in [1.54, 1.807) is 6.19 Å². The lowest BCUT2D eigenvalue weighted by molar-refractivity contribution is 0.624. The van der Waals surface area contributed by atoms with Crippen molar-refractivity contribution in [1.29, 1.82) is 16.1 Å². The first kappa shape index (κ1) is 24.1. The van der Waals surface area contributed by atoms with E-state index < -0.39 is 0 Å². The van der Waals surface area contributed by atoms with Crippen molar-refractivity contribution in [2.45, 2.75) is 83.5 Å². The molecule has 0 spiro atoms. The van der Waals surface area contributed by atoms with Gasteiger partial charge in [0.25, 0.3) is 0 Å². The summed E-state index contributed by atoms with van der Waals surface area (Å²) in [6.07, 6.45) is 14.9. The van der Waals surface area contributed by atoms with Crippen LogP contribution in [0.2, 0.25) is 0 Å². The molecule has 148 valence electrons. The zero-order chi connectivity index (χ0) is 19.5. The second-order valence-corrected chi connectivity index (χ2v) is 6.71. The molecule has 0 saturated heterocycles. The van der Waals surface area contributed by atoms with Crippen molar-refractivity contribution in [3.8, 4) is 6.19 Å². The molecule has 7 heteroatoms. The SMILES string of the molecule is N#CNC(N)=NCCCCCCCC(=N)CC(=N)CCCCCCCN. The van der Waals surface area contributed by atoms with Gasteiger partial charge in [-0.1, -0.05) is 38.5 Å². The highest BCUT2D eigenvalue weighted by atomic mass is 15.1. The first-order chi connectivity index (χ1) is 12.6. The van der Waals surface area contributed by atoms with Crippen LogP contribution in [0.5, 0.6) is 0 Å². The maximum absolute atomic E-state index is 8.36. The Kier molecular flexibility index (Phi) is 16.5. The van der Waals surface area contributed by atoms with Gasteiger partial charge in [0, 0.05) is 24.4 Å². The lowest BCUT2D eigenvalue weighted by Gasteiger charge is -2.06. The second-order valence-electron chi connectivity index (χ2n) is 6.71. The van der Waals surface area contributed by atoms with Crippen LogP contribution in [0.3, 0.4) is 0 Å². The molecule has 0 rings (SSSR count).